The number of nitrogens with one attached hydrogen (secondary N) is 1. The lowest BCUT2D eigenvalue weighted by Crippen LogP contribution is -2.33. The topological polar surface area (TPSA) is 72.2 Å². The van der Waals surface area contributed by atoms with Gasteiger partial charge in [-0.15, -0.1) is 0 Å². The molecule has 4 nitrogen and oxygen atoms in total. The molecule has 1 aromatic rings. The predicted molar refractivity (Wildman–Crippen MR) is 58.5 cm³/mol. The first-order chi connectivity index (χ1) is 6.52. The van der Waals surface area contributed by atoms with Crippen LogP contribution in [0.25, 0.3) is 0 Å². The highest BCUT2D eigenvalue weighted by Crippen LogP contribution is 2.06. The van der Waals surface area contributed by atoms with Crippen molar-refractivity contribution in [1.82, 2.24) is 4.72 Å². The Morgan fingerprint density at radius 3 is 2.43 bits per heavy atom. The second-order valence-corrected chi connectivity index (χ2v) is 5.62. The summed E-state index contributed by atoms with van der Waals surface area (Å²) in [7, 11) is -3.42. The Labute approximate surface area is 91.7 Å². The summed E-state index contributed by atoms with van der Waals surface area (Å²) >= 11 is 3.05. The number of halogens is 1. The van der Waals surface area contributed by atoms with E-state index < -0.39 is 10.0 Å². The Balaban J connectivity index is 2.77. The Morgan fingerprint density at radius 1 is 1.36 bits per heavy atom. The van der Waals surface area contributed by atoms with Crippen molar-refractivity contribution in [2.45, 2.75) is 9.85 Å². The van der Waals surface area contributed by atoms with Gasteiger partial charge in [0, 0.05) is 6.54 Å². The molecule has 0 aliphatic rings. The van der Waals surface area contributed by atoms with Gasteiger partial charge in [-0.1, -0.05) is 34.1 Å². The molecule has 0 fully saturated rings. The van der Waals surface area contributed by atoms with E-state index in [1.165, 1.54) is 12.1 Å². The number of benzene rings is 1. The maximum atomic E-state index is 11.5. The molecule has 0 bridgehead atoms. The van der Waals surface area contributed by atoms with Crippen molar-refractivity contribution in [2.24, 2.45) is 5.73 Å². The van der Waals surface area contributed by atoms with Crippen LogP contribution in [0.5, 0.6) is 0 Å². The third kappa shape index (κ3) is 3.38. The van der Waals surface area contributed by atoms with Gasteiger partial charge < -0.3 is 5.73 Å². The summed E-state index contributed by atoms with van der Waals surface area (Å²) in [6, 6.07) is 8.16. The van der Waals surface area contributed by atoms with Gasteiger partial charge in [0.05, 0.1) is 9.85 Å². The van der Waals surface area contributed by atoms with E-state index in [0.29, 0.717) is 0 Å². The molecule has 1 aromatic carbocycles. The first kappa shape index (κ1) is 11.6. The fourth-order valence-corrected chi connectivity index (χ4v) is 2.33. The summed E-state index contributed by atoms with van der Waals surface area (Å²) in [5.74, 6) is 0. The van der Waals surface area contributed by atoms with Crippen LogP contribution in [-0.4, -0.2) is 19.9 Å². The first-order valence-electron chi connectivity index (χ1n) is 3.97. The summed E-state index contributed by atoms with van der Waals surface area (Å²) in [5, 5.41) is 0. The average Bonchev–Trinajstić information content (AvgIpc) is 2.16. The molecule has 0 saturated heterocycles. The van der Waals surface area contributed by atoms with Crippen molar-refractivity contribution in [3.05, 3.63) is 30.3 Å². The van der Waals surface area contributed by atoms with Crippen LogP contribution in [-0.2, 0) is 10.0 Å². The van der Waals surface area contributed by atoms with E-state index in [0.717, 1.165) is 0 Å². The van der Waals surface area contributed by atoms with Crippen LogP contribution in [0.2, 0.25) is 0 Å². The van der Waals surface area contributed by atoms with Crippen molar-refractivity contribution in [3.63, 3.8) is 0 Å². The number of hydrogen-bond donors (Lipinski definition) is 2. The lowest BCUT2D eigenvalue weighted by molar-refractivity contribution is 0.581. The number of hydrogen-bond acceptors (Lipinski definition) is 3. The molecule has 1 rings (SSSR count). The van der Waals surface area contributed by atoms with E-state index in [-0.39, 0.29) is 16.4 Å². The molecule has 0 amide bonds. The SMILES string of the molecule is NC(Br)CNS(=O)(=O)c1ccccc1. The largest absolute Gasteiger partial charge is 0.318 e. The smallest absolute Gasteiger partial charge is 0.240 e. The molecule has 0 heterocycles. The van der Waals surface area contributed by atoms with Gasteiger partial charge in [0.2, 0.25) is 10.0 Å². The lowest BCUT2D eigenvalue weighted by atomic mass is 10.4. The minimum absolute atomic E-state index is 0.164. The van der Waals surface area contributed by atoms with Gasteiger partial charge in [-0.05, 0) is 12.1 Å². The fraction of sp³-hybridized carbons (Fsp3) is 0.250. The van der Waals surface area contributed by atoms with Crippen molar-refractivity contribution in [3.8, 4) is 0 Å². The van der Waals surface area contributed by atoms with Crippen molar-refractivity contribution < 1.29 is 8.42 Å². The van der Waals surface area contributed by atoms with Crippen LogP contribution in [0.15, 0.2) is 35.2 Å². The van der Waals surface area contributed by atoms with Crippen LogP contribution in [0.3, 0.4) is 0 Å². The molecule has 6 heteroatoms. The quantitative estimate of drug-likeness (QED) is 0.627. The number of nitrogens with two attached hydrogens (primary N) is 1. The summed E-state index contributed by atoms with van der Waals surface area (Å²) in [5.41, 5.74) is 5.37. The zero-order valence-corrected chi connectivity index (χ0v) is 9.75. The molecule has 3 N–H and O–H groups in total. The molecule has 0 saturated carbocycles. The van der Waals surface area contributed by atoms with E-state index in [1.54, 1.807) is 18.2 Å². The Kier molecular flexibility index (Phi) is 4.06. The Morgan fingerprint density at radius 2 is 1.93 bits per heavy atom. The number of rotatable bonds is 4. The van der Waals surface area contributed by atoms with E-state index in [9.17, 15) is 8.42 Å². The second kappa shape index (κ2) is 4.88. The van der Waals surface area contributed by atoms with Crippen molar-refractivity contribution in [1.29, 1.82) is 0 Å². The Hall–Kier alpha value is -0.430. The molecule has 14 heavy (non-hydrogen) atoms. The minimum Gasteiger partial charge on any atom is -0.318 e. The molecule has 0 radical (unpaired) electrons. The second-order valence-electron chi connectivity index (χ2n) is 2.68. The lowest BCUT2D eigenvalue weighted by Gasteiger charge is -2.07. The van der Waals surface area contributed by atoms with Crippen LogP contribution in [0.1, 0.15) is 0 Å². The fourth-order valence-electron chi connectivity index (χ4n) is 0.872. The molecular weight excluding hydrogens is 268 g/mol. The first-order valence-corrected chi connectivity index (χ1v) is 6.36. The highest BCUT2D eigenvalue weighted by atomic mass is 79.9. The summed E-state index contributed by atoms with van der Waals surface area (Å²) in [4.78, 5) is -0.130. The van der Waals surface area contributed by atoms with Crippen LogP contribution in [0, 0.1) is 0 Å². The van der Waals surface area contributed by atoms with E-state index >= 15 is 0 Å². The highest BCUT2D eigenvalue weighted by Gasteiger charge is 2.13. The molecule has 0 spiro atoms. The monoisotopic (exact) mass is 278 g/mol. The third-order valence-corrected chi connectivity index (χ3v) is 3.29. The normalized spacial score (nSPS) is 13.9. The van der Waals surface area contributed by atoms with Crippen LogP contribution >= 0.6 is 15.9 Å². The summed E-state index contributed by atoms with van der Waals surface area (Å²) < 4.78 is 25.5. The summed E-state index contributed by atoms with van der Waals surface area (Å²) in [6.45, 7) is 0.164. The highest BCUT2D eigenvalue weighted by molar-refractivity contribution is 9.09. The van der Waals surface area contributed by atoms with Gasteiger partial charge in [-0.25, -0.2) is 13.1 Å². The van der Waals surface area contributed by atoms with E-state index in [2.05, 4.69) is 20.7 Å². The standard InChI is InChI=1S/C8H11BrN2O2S/c9-8(10)6-11-14(12,13)7-4-2-1-3-5-7/h1-5,8,11H,6,10H2. The zero-order chi connectivity index (χ0) is 10.6. The number of alkyl halides is 1. The molecule has 0 aliphatic heterocycles. The number of sulfonamides is 1. The molecular formula is C8H11BrN2O2S. The molecule has 0 aliphatic carbocycles. The van der Waals surface area contributed by atoms with Gasteiger partial charge in [-0.2, -0.15) is 0 Å². The third-order valence-electron chi connectivity index (χ3n) is 1.52. The van der Waals surface area contributed by atoms with Crippen LogP contribution < -0.4 is 10.5 Å². The minimum atomic E-state index is -3.42. The van der Waals surface area contributed by atoms with E-state index in [1.807, 2.05) is 0 Å². The van der Waals surface area contributed by atoms with Crippen molar-refractivity contribution in [2.75, 3.05) is 6.54 Å². The van der Waals surface area contributed by atoms with Gasteiger partial charge >= 0.3 is 0 Å². The average molecular weight is 279 g/mol. The van der Waals surface area contributed by atoms with E-state index in [4.69, 9.17) is 5.73 Å². The maximum Gasteiger partial charge on any atom is 0.240 e. The molecule has 1 unspecified atom stereocenters. The summed E-state index contributed by atoms with van der Waals surface area (Å²) in [6.07, 6.45) is 0. The molecule has 78 valence electrons. The van der Waals surface area contributed by atoms with Crippen LogP contribution in [0.4, 0.5) is 0 Å². The van der Waals surface area contributed by atoms with Gasteiger partial charge in [-0.3, -0.25) is 0 Å². The molecule has 0 aromatic heterocycles. The molecule has 1 atom stereocenters. The van der Waals surface area contributed by atoms with Gasteiger partial charge in [0.25, 0.3) is 0 Å². The van der Waals surface area contributed by atoms with Gasteiger partial charge in [0.15, 0.2) is 0 Å². The predicted octanol–water partition coefficient (Wildman–Crippen LogP) is 0.645. The maximum absolute atomic E-state index is 11.5. The Bertz CT molecular complexity index is 378. The zero-order valence-electron chi connectivity index (χ0n) is 7.35. The van der Waals surface area contributed by atoms with Gasteiger partial charge in [0.1, 0.15) is 0 Å². The van der Waals surface area contributed by atoms with Crippen molar-refractivity contribution >= 4 is 26.0 Å².